The maximum absolute atomic E-state index is 6.62. The third-order valence-electron chi connectivity index (χ3n) is 5.36. The number of aliphatic imine (C=N–C) groups is 1. The van der Waals surface area contributed by atoms with Crippen LogP contribution in [0, 0.1) is 0 Å². The van der Waals surface area contributed by atoms with E-state index in [1.54, 1.807) is 0 Å². The lowest BCUT2D eigenvalue weighted by Gasteiger charge is -2.42. The Hall–Kier alpha value is 0.120. The van der Waals surface area contributed by atoms with Crippen molar-refractivity contribution in [3.63, 3.8) is 0 Å². The fraction of sp³-hybridized carbons (Fsp3) is 0.947. The number of amidine groups is 1. The van der Waals surface area contributed by atoms with Crippen LogP contribution in [0.25, 0.3) is 0 Å². The highest BCUT2D eigenvalue weighted by molar-refractivity contribution is 8.23. The maximum Gasteiger partial charge on any atom is 0.130 e. The van der Waals surface area contributed by atoms with E-state index in [2.05, 4.69) is 33.0 Å². The molecule has 2 aliphatic rings. The monoisotopic (exact) mass is 356 g/mol. The fourth-order valence-electron chi connectivity index (χ4n) is 4.30. The Balaban J connectivity index is 2.38. The van der Waals surface area contributed by atoms with E-state index < -0.39 is 6.04 Å². The molecule has 2 rings (SSSR count). The average molecular weight is 357 g/mol. The van der Waals surface area contributed by atoms with Crippen LogP contribution in [-0.4, -0.2) is 29.0 Å². The van der Waals surface area contributed by atoms with Gasteiger partial charge in [0.15, 0.2) is 0 Å². The molecule has 0 aromatic carbocycles. The Morgan fingerprint density at radius 1 is 0.870 bits per heavy atom. The highest BCUT2D eigenvalue weighted by atomic mass is 32.4. The van der Waals surface area contributed by atoms with Crippen molar-refractivity contribution in [3.8, 4) is 0 Å². The van der Waals surface area contributed by atoms with Gasteiger partial charge in [-0.1, -0.05) is 50.3 Å². The summed E-state index contributed by atoms with van der Waals surface area (Å²) in [5.41, 5.74) is 2.76. The summed E-state index contributed by atoms with van der Waals surface area (Å²) in [5.74, 6) is 0. The molecule has 0 aromatic rings. The average Bonchev–Trinajstić information content (AvgIpc) is 2.54. The van der Waals surface area contributed by atoms with E-state index >= 15 is 0 Å². The SMILES string of the molecule is CC(C)N=C(NC(C)C)P(=S)(C1CCCCC1)C1CCCCC1. The maximum atomic E-state index is 6.62. The Morgan fingerprint density at radius 2 is 1.30 bits per heavy atom. The second kappa shape index (κ2) is 8.99. The number of hydrogen-bond donors (Lipinski definition) is 1. The zero-order valence-corrected chi connectivity index (χ0v) is 17.4. The molecule has 2 aliphatic carbocycles. The van der Waals surface area contributed by atoms with Gasteiger partial charge in [-0.15, -0.1) is 0 Å². The predicted molar refractivity (Wildman–Crippen MR) is 109 cm³/mol. The second-order valence-corrected chi connectivity index (χ2v) is 13.3. The summed E-state index contributed by atoms with van der Waals surface area (Å²) in [7, 11) is 0. The molecule has 1 N–H and O–H groups in total. The van der Waals surface area contributed by atoms with E-state index in [9.17, 15) is 0 Å². The lowest BCUT2D eigenvalue weighted by molar-refractivity contribution is 0.486. The summed E-state index contributed by atoms with van der Waals surface area (Å²) in [6.45, 7) is 8.86. The van der Waals surface area contributed by atoms with Crippen LogP contribution in [0.3, 0.4) is 0 Å². The molecule has 4 heteroatoms. The summed E-state index contributed by atoms with van der Waals surface area (Å²) in [6.07, 6.45) is 13.7. The normalized spacial score (nSPS) is 22.8. The molecule has 0 saturated heterocycles. The third-order valence-corrected chi connectivity index (χ3v) is 11.8. The van der Waals surface area contributed by atoms with Gasteiger partial charge >= 0.3 is 0 Å². The third kappa shape index (κ3) is 5.05. The topological polar surface area (TPSA) is 24.4 Å². The van der Waals surface area contributed by atoms with Gasteiger partial charge in [0.05, 0.1) is 0 Å². The van der Waals surface area contributed by atoms with Crippen LogP contribution in [0.2, 0.25) is 0 Å². The van der Waals surface area contributed by atoms with Gasteiger partial charge in [-0.05, 0) is 64.7 Å². The standard InChI is InChI=1S/C19H37N2PS/c1-15(2)20-19(21-16(3)4)22(23,17-11-7-5-8-12-17)18-13-9-6-10-14-18/h15-18H,5-14H2,1-4H3,(H,20,21). The van der Waals surface area contributed by atoms with Gasteiger partial charge in [-0.2, -0.15) is 0 Å². The molecule has 23 heavy (non-hydrogen) atoms. The predicted octanol–water partition coefficient (Wildman–Crippen LogP) is 5.89. The summed E-state index contributed by atoms with van der Waals surface area (Å²) in [5, 5.41) is 3.74. The molecule has 134 valence electrons. The highest BCUT2D eigenvalue weighted by Crippen LogP contribution is 2.63. The molecule has 0 aromatic heterocycles. The Bertz CT molecular complexity index is 411. The van der Waals surface area contributed by atoms with Crippen LogP contribution in [0.4, 0.5) is 0 Å². The van der Waals surface area contributed by atoms with E-state index in [1.807, 2.05) is 0 Å². The first-order valence-corrected chi connectivity index (χ1v) is 12.8. The van der Waals surface area contributed by atoms with Crippen molar-refractivity contribution in [1.82, 2.24) is 5.32 Å². The highest BCUT2D eigenvalue weighted by Gasteiger charge is 2.41. The molecular formula is C19H37N2PS. The molecule has 0 radical (unpaired) electrons. The van der Waals surface area contributed by atoms with Crippen molar-refractivity contribution < 1.29 is 0 Å². The summed E-state index contributed by atoms with van der Waals surface area (Å²) in [6, 6.07) is -0.845. The first kappa shape index (κ1) is 19.4. The fourth-order valence-corrected chi connectivity index (χ4v) is 10.3. The van der Waals surface area contributed by atoms with Gasteiger partial charge in [0, 0.05) is 18.1 Å². The Morgan fingerprint density at radius 3 is 1.65 bits per heavy atom. The molecule has 0 amide bonds. The van der Waals surface area contributed by atoms with Crippen molar-refractivity contribution in [2.24, 2.45) is 4.99 Å². The van der Waals surface area contributed by atoms with Crippen LogP contribution >= 0.6 is 6.04 Å². The molecule has 0 bridgehead atoms. The summed E-state index contributed by atoms with van der Waals surface area (Å²) >= 11 is 6.62. The zero-order chi connectivity index (χ0) is 16.9. The molecule has 0 unspecified atom stereocenters. The van der Waals surface area contributed by atoms with Crippen LogP contribution in [0.5, 0.6) is 0 Å². The summed E-state index contributed by atoms with van der Waals surface area (Å²) in [4.78, 5) is 5.09. The molecule has 2 fully saturated rings. The number of hydrogen-bond acceptors (Lipinski definition) is 2. The molecule has 2 nitrogen and oxygen atoms in total. The molecule has 0 heterocycles. The van der Waals surface area contributed by atoms with Gasteiger partial charge in [-0.25, -0.2) is 0 Å². The van der Waals surface area contributed by atoms with E-state index in [0.29, 0.717) is 12.1 Å². The molecule has 2 saturated carbocycles. The van der Waals surface area contributed by atoms with Crippen LogP contribution in [0.1, 0.15) is 91.9 Å². The first-order valence-electron chi connectivity index (χ1n) is 9.89. The molecule has 0 atom stereocenters. The van der Waals surface area contributed by atoms with Gasteiger partial charge in [-0.3, -0.25) is 4.99 Å². The van der Waals surface area contributed by atoms with Gasteiger partial charge in [0.2, 0.25) is 0 Å². The Kier molecular flexibility index (Phi) is 7.60. The second-order valence-electron chi connectivity index (χ2n) is 8.14. The van der Waals surface area contributed by atoms with Crippen molar-refractivity contribution in [3.05, 3.63) is 0 Å². The zero-order valence-electron chi connectivity index (χ0n) is 15.7. The van der Waals surface area contributed by atoms with Crippen molar-refractivity contribution in [1.29, 1.82) is 0 Å². The minimum atomic E-state index is -1.62. The largest absolute Gasteiger partial charge is 0.367 e. The van der Waals surface area contributed by atoms with Gasteiger partial charge in [0.25, 0.3) is 0 Å². The van der Waals surface area contributed by atoms with Crippen molar-refractivity contribution in [2.75, 3.05) is 0 Å². The van der Waals surface area contributed by atoms with Gasteiger partial charge < -0.3 is 5.32 Å². The van der Waals surface area contributed by atoms with Gasteiger partial charge in [0.1, 0.15) is 5.58 Å². The van der Waals surface area contributed by atoms with Crippen LogP contribution in [0.15, 0.2) is 4.99 Å². The Labute approximate surface area is 149 Å². The molecule has 0 spiro atoms. The van der Waals surface area contributed by atoms with E-state index in [-0.39, 0.29) is 0 Å². The van der Waals surface area contributed by atoms with Crippen LogP contribution < -0.4 is 5.32 Å². The first-order chi connectivity index (χ1) is 10.9. The number of rotatable bonds is 5. The van der Waals surface area contributed by atoms with E-state index in [4.69, 9.17) is 16.8 Å². The smallest absolute Gasteiger partial charge is 0.130 e. The number of nitrogens with one attached hydrogen (secondary N) is 1. The quantitative estimate of drug-likeness (QED) is 0.377. The van der Waals surface area contributed by atoms with Crippen molar-refractivity contribution >= 4 is 23.4 Å². The van der Waals surface area contributed by atoms with Crippen LogP contribution in [-0.2, 0) is 11.8 Å². The number of nitrogens with zero attached hydrogens (tertiary/aromatic N) is 1. The lowest BCUT2D eigenvalue weighted by Crippen LogP contribution is -2.38. The van der Waals surface area contributed by atoms with E-state index in [0.717, 1.165) is 11.3 Å². The minimum absolute atomic E-state index is 0.339. The van der Waals surface area contributed by atoms with E-state index in [1.165, 1.54) is 69.8 Å². The molecule has 0 aliphatic heterocycles. The van der Waals surface area contributed by atoms with Crippen molar-refractivity contribution in [2.45, 2.75) is 115 Å². The minimum Gasteiger partial charge on any atom is -0.367 e. The molecular weight excluding hydrogens is 319 g/mol. The lowest BCUT2D eigenvalue weighted by atomic mass is 9.99. The summed E-state index contributed by atoms with van der Waals surface area (Å²) < 4.78 is 0.